The van der Waals surface area contributed by atoms with Crippen LogP contribution in [-0.2, 0) is 11.3 Å². The largest absolute Gasteiger partial charge is 0.341 e. The van der Waals surface area contributed by atoms with Crippen molar-refractivity contribution in [1.29, 1.82) is 0 Å². The van der Waals surface area contributed by atoms with Gasteiger partial charge in [-0.15, -0.1) is 0 Å². The third-order valence-electron chi connectivity index (χ3n) is 8.30. The summed E-state index contributed by atoms with van der Waals surface area (Å²) in [6, 6.07) is 6.53. The predicted octanol–water partition coefficient (Wildman–Crippen LogP) is 3.52. The van der Waals surface area contributed by atoms with Crippen LogP contribution in [0.5, 0.6) is 0 Å². The number of carbonyl (C=O) groups excluding carboxylic acids is 2. The molecule has 4 aliphatic carbocycles. The SMILES string of the molecule is O=C(NCCC(=O)N1CCCN(Cc2ccc(F)cc2)CC1)NC12CC3CC(CC(C3)C1)C2. The van der Waals surface area contributed by atoms with Gasteiger partial charge in [-0.25, -0.2) is 9.18 Å². The van der Waals surface area contributed by atoms with Crippen molar-refractivity contribution in [2.24, 2.45) is 17.8 Å². The number of carbonyl (C=O) groups is 2. The summed E-state index contributed by atoms with van der Waals surface area (Å²) in [4.78, 5) is 29.6. The maximum absolute atomic E-state index is 13.1. The molecule has 5 aliphatic rings. The van der Waals surface area contributed by atoms with Gasteiger partial charge in [-0.3, -0.25) is 9.69 Å². The lowest BCUT2D eigenvalue weighted by Crippen LogP contribution is -2.61. The smallest absolute Gasteiger partial charge is 0.315 e. The van der Waals surface area contributed by atoms with Crippen molar-refractivity contribution in [2.45, 2.75) is 63.5 Å². The summed E-state index contributed by atoms with van der Waals surface area (Å²) in [5, 5.41) is 6.27. The van der Waals surface area contributed by atoms with Gasteiger partial charge in [-0.1, -0.05) is 12.1 Å². The number of amides is 3. The maximum atomic E-state index is 13.1. The Hall–Kier alpha value is -2.15. The number of hydrogen-bond donors (Lipinski definition) is 2. The summed E-state index contributed by atoms with van der Waals surface area (Å²) < 4.78 is 13.1. The normalized spacial score (nSPS) is 31.3. The minimum atomic E-state index is -0.216. The fourth-order valence-electron chi connectivity index (χ4n) is 7.22. The number of rotatable bonds is 6. The van der Waals surface area contributed by atoms with Crippen LogP contribution in [0.15, 0.2) is 24.3 Å². The minimum Gasteiger partial charge on any atom is -0.341 e. The van der Waals surface area contributed by atoms with Crippen LogP contribution in [0.4, 0.5) is 9.18 Å². The predicted molar refractivity (Wildman–Crippen MR) is 125 cm³/mol. The second-order valence-corrected chi connectivity index (χ2v) is 11.0. The van der Waals surface area contributed by atoms with E-state index in [9.17, 15) is 14.0 Å². The van der Waals surface area contributed by atoms with Gasteiger partial charge in [0.05, 0.1) is 0 Å². The van der Waals surface area contributed by atoms with Gasteiger partial charge in [0.2, 0.25) is 5.91 Å². The highest BCUT2D eigenvalue weighted by atomic mass is 19.1. The van der Waals surface area contributed by atoms with E-state index >= 15 is 0 Å². The molecule has 7 heteroatoms. The molecule has 3 amide bonds. The van der Waals surface area contributed by atoms with Crippen molar-refractivity contribution in [2.75, 3.05) is 32.7 Å². The van der Waals surface area contributed by atoms with E-state index in [2.05, 4.69) is 15.5 Å². The molecule has 1 heterocycles. The molecule has 5 fully saturated rings. The monoisotopic (exact) mass is 456 g/mol. The first-order valence-electron chi connectivity index (χ1n) is 12.8. The second-order valence-electron chi connectivity index (χ2n) is 11.0. The number of nitrogens with one attached hydrogen (secondary N) is 2. The molecule has 1 aromatic carbocycles. The summed E-state index contributed by atoms with van der Waals surface area (Å²) in [6.45, 7) is 4.33. The second kappa shape index (κ2) is 9.61. The quantitative estimate of drug-likeness (QED) is 0.689. The van der Waals surface area contributed by atoms with Gasteiger partial charge in [-0.05, 0) is 80.4 Å². The van der Waals surface area contributed by atoms with Crippen molar-refractivity contribution in [3.63, 3.8) is 0 Å². The molecular formula is C26H37FN4O2. The average molecular weight is 457 g/mol. The van der Waals surface area contributed by atoms with Crippen LogP contribution in [0.2, 0.25) is 0 Å². The molecule has 0 unspecified atom stereocenters. The number of nitrogens with zero attached hydrogens (tertiary/aromatic N) is 2. The fraction of sp³-hybridized carbons (Fsp3) is 0.692. The number of halogens is 1. The molecule has 1 saturated heterocycles. The lowest BCUT2D eigenvalue weighted by Gasteiger charge is -2.56. The van der Waals surface area contributed by atoms with Gasteiger partial charge >= 0.3 is 6.03 Å². The summed E-state index contributed by atoms with van der Waals surface area (Å²) in [6.07, 6.45) is 8.73. The first-order chi connectivity index (χ1) is 16.0. The molecule has 0 radical (unpaired) electrons. The molecule has 0 aromatic heterocycles. The molecule has 1 aromatic rings. The van der Waals surface area contributed by atoms with Crippen LogP contribution in [0.25, 0.3) is 0 Å². The van der Waals surface area contributed by atoms with Crippen LogP contribution in [0.3, 0.4) is 0 Å². The highest BCUT2D eigenvalue weighted by molar-refractivity contribution is 5.78. The van der Waals surface area contributed by atoms with Crippen molar-refractivity contribution in [3.8, 4) is 0 Å². The van der Waals surface area contributed by atoms with Gasteiger partial charge in [0.15, 0.2) is 0 Å². The summed E-state index contributed by atoms with van der Waals surface area (Å²) in [7, 11) is 0. The zero-order valence-corrected chi connectivity index (χ0v) is 19.5. The molecule has 33 heavy (non-hydrogen) atoms. The van der Waals surface area contributed by atoms with E-state index in [1.54, 1.807) is 0 Å². The average Bonchev–Trinajstić information content (AvgIpc) is 2.99. The molecule has 6 nitrogen and oxygen atoms in total. The van der Waals surface area contributed by atoms with E-state index in [0.29, 0.717) is 19.5 Å². The number of hydrogen-bond acceptors (Lipinski definition) is 3. The molecule has 2 N–H and O–H groups in total. The molecule has 0 atom stereocenters. The van der Waals surface area contributed by atoms with Crippen LogP contribution >= 0.6 is 0 Å². The molecule has 6 rings (SSSR count). The van der Waals surface area contributed by atoms with Crippen LogP contribution in [0.1, 0.15) is 56.9 Å². The Morgan fingerprint density at radius 2 is 1.61 bits per heavy atom. The Bertz CT molecular complexity index is 823. The Morgan fingerprint density at radius 3 is 2.27 bits per heavy atom. The maximum Gasteiger partial charge on any atom is 0.315 e. The van der Waals surface area contributed by atoms with Gasteiger partial charge in [0.1, 0.15) is 5.82 Å². The van der Waals surface area contributed by atoms with E-state index in [-0.39, 0.29) is 23.3 Å². The van der Waals surface area contributed by atoms with E-state index in [1.807, 2.05) is 17.0 Å². The first-order valence-corrected chi connectivity index (χ1v) is 12.8. The highest BCUT2D eigenvalue weighted by Crippen LogP contribution is 2.55. The van der Waals surface area contributed by atoms with Crippen LogP contribution < -0.4 is 10.6 Å². The summed E-state index contributed by atoms with van der Waals surface area (Å²) >= 11 is 0. The molecule has 180 valence electrons. The van der Waals surface area contributed by atoms with E-state index in [0.717, 1.165) is 75.2 Å². The summed E-state index contributed by atoms with van der Waals surface area (Å²) in [5.41, 5.74) is 1.09. The molecular weight excluding hydrogens is 419 g/mol. The van der Waals surface area contributed by atoms with E-state index in [4.69, 9.17) is 0 Å². The van der Waals surface area contributed by atoms with E-state index in [1.165, 1.54) is 31.4 Å². The molecule has 0 spiro atoms. The lowest BCUT2D eigenvalue weighted by atomic mass is 9.53. The van der Waals surface area contributed by atoms with E-state index < -0.39 is 0 Å². The standard InChI is InChI=1S/C26H37FN4O2/c27-23-4-2-19(3-5-23)18-30-8-1-9-31(11-10-30)24(32)6-7-28-25(33)29-26-15-20-12-21(16-26)14-22(13-20)17-26/h2-5,20-22H,1,6-18H2,(H2,28,29,33). The Morgan fingerprint density at radius 1 is 0.939 bits per heavy atom. The van der Waals surface area contributed by atoms with Crippen LogP contribution in [0, 0.1) is 23.6 Å². The van der Waals surface area contributed by atoms with Gasteiger partial charge in [-0.2, -0.15) is 0 Å². The zero-order chi connectivity index (χ0) is 22.8. The number of benzene rings is 1. The molecule has 4 saturated carbocycles. The first kappa shape index (κ1) is 22.6. The van der Waals surface area contributed by atoms with Crippen molar-refractivity contribution in [1.82, 2.24) is 20.4 Å². The fourth-order valence-corrected chi connectivity index (χ4v) is 7.22. The number of urea groups is 1. The van der Waals surface area contributed by atoms with Crippen molar-refractivity contribution in [3.05, 3.63) is 35.6 Å². The van der Waals surface area contributed by atoms with Crippen LogP contribution in [-0.4, -0.2) is 60.0 Å². The molecule has 1 aliphatic heterocycles. The topological polar surface area (TPSA) is 64.7 Å². The Balaban J connectivity index is 1.03. The Labute approximate surface area is 196 Å². The zero-order valence-electron chi connectivity index (χ0n) is 19.5. The Kier molecular flexibility index (Phi) is 6.59. The molecule has 4 bridgehead atoms. The van der Waals surface area contributed by atoms with Crippen molar-refractivity contribution >= 4 is 11.9 Å². The lowest BCUT2D eigenvalue weighted by molar-refractivity contribution is -0.130. The third-order valence-corrected chi connectivity index (χ3v) is 8.30. The minimum absolute atomic E-state index is 0.00160. The van der Waals surface area contributed by atoms with Crippen molar-refractivity contribution < 1.29 is 14.0 Å². The van der Waals surface area contributed by atoms with Gasteiger partial charge < -0.3 is 15.5 Å². The third kappa shape index (κ3) is 5.51. The highest BCUT2D eigenvalue weighted by Gasteiger charge is 2.51. The van der Waals surface area contributed by atoms with Gasteiger partial charge in [0, 0.05) is 51.2 Å². The van der Waals surface area contributed by atoms with Gasteiger partial charge in [0.25, 0.3) is 0 Å². The summed E-state index contributed by atoms with van der Waals surface area (Å²) in [5.74, 6) is 2.27.